The highest BCUT2D eigenvalue weighted by atomic mass is 16.3. The Kier molecular flexibility index (Phi) is 6.47. The Labute approximate surface area is 187 Å². The third-order valence-corrected chi connectivity index (χ3v) is 6.03. The van der Waals surface area contributed by atoms with Gasteiger partial charge in [-0.05, 0) is 60.6 Å². The van der Waals surface area contributed by atoms with Crippen molar-refractivity contribution in [3.8, 4) is 5.75 Å². The third-order valence-electron chi connectivity index (χ3n) is 6.03. The van der Waals surface area contributed by atoms with Gasteiger partial charge in [0, 0.05) is 31.3 Å². The van der Waals surface area contributed by atoms with Crippen molar-refractivity contribution >= 4 is 27.8 Å². The van der Waals surface area contributed by atoms with E-state index in [1.54, 1.807) is 25.1 Å². The van der Waals surface area contributed by atoms with E-state index in [1.165, 1.54) is 0 Å². The second-order valence-electron chi connectivity index (χ2n) is 8.43. The zero-order chi connectivity index (χ0) is 22.7. The normalized spacial score (nSPS) is 12.3. The minimum Gasteiger partial charge on any atom is -0.508 e. The molecule has 0 fully saturated rings. The number of carbonyl (C=O) groups excluding carboxylic acids is 1. The molecular formula is C27H29NO4. The fraction of sp³-hybridized carbons (Fsp3) is 0.296. The highest BCUT2D eigenvalue weighted by Crippen LogP contribution is 2.38. The van der Waals surface area contributed by atoms with E-state index >= 15 is 0 Å². The summed E-state index contributed by atoms with van der Waals surface area (Å²) in [7, 11) is 3.49. The predicted molar refractivity (Wildman–Crippen MR) is 127 cm³/mol. The molecule has 3 aromatic carbocycles. The Morgan fingerprint density at radius 1 is 0.938 bits per heavy atom. The number of benzene rings is 3. The maximum Gasteiger partial charge on any atom is 0.222 e. The lowest BCUT2D eigenvalue weighted by Gasteiger charge is -2.18. The van der Waals surface area contributed by atoms with E-state index in [0.29, 0.717) is 32.1 Å². The van der Waals surface area contributed by atoms with Crippen molar-refractivity contribution in [3.63, 3.8) is 0 Å². The van der Waals surface area contributed by atoms with E-state index in [9.17, 15) is 15.0 Å². The number of phenols is 1. The van der Waals surface area contributed by atoms with Crippen molar-refractivity contribution in [2.45, 2.75) is 38.2 Å². The number of amides is 1. The van der Waals surface area contributed by atoms with Gasteiger partial charge in [0.05, 0.1) is 6.10 Å². The number of rotatable bonds is 8. The summed E-state index contributed by atoms with van der Waals surface area (Å²) in [4.78, 5) is 13.5. The number of fused-ring (bicyclic) bond motifs is 3. The van der Waals surface area contributed by atoms with Crippen LogP contribution < -0.4 is 0 Å². The lowest BCUT2D eigenvalue weighted by molar-refractivity contribution is -0.128. The second kappa shape index (κ2) is 9.45. The van der Waals surface area contributed by atoms with Crippen LogP contribution in [0.2, 0.25) is 0 Å². The molecular weight excluding hydrogens is 402 g/mol. The molecule has 1 heterocycles. The van der Waals surface area contributed by atoms with Crippen molar-refractivity contribution in [1.82, 2.24) is 4.90 Å². The Morgan fingerprint density at radius 3 is 2.44 bits per heavy atom. The molecule has 0 aliphatic rings. The third kappa shape index (κ3) is 4.48. The molecule has 4 aromatic rings. The van der Waals surface area contributed by atoms with Crippen molar-refractivity contribution in [2.24, 2.45) is 0 Å². The van der Waals surface area contributed by atoms with Gasteiger partial charge in [0.2, 0.25) is 5.91 Å². The van der Waals surface area contributed by atoms with Crippen LogP contribution in [0.25, 0.3) is 21.9 Å². The first-order valence-corrected chi connectivity index (χ1v) is 11.0. The molecule has 0 aliphatic carbocycles. The Morgan fingerprint density at radius 2 is 1.66 bits per heavy atom. The van der Waals surface area contributed by atoms with Gasteiger partial charge in [-0.25, -0.2) is 0 Å². The molecule has 4 rings (SSSR count). The average Bonchev–Trinajstić information content (AvgIpc) is 3.16. The van der Waals surface area contributed by atoms with Crippen LogP contribution in [-0.2, 0) is 17.6 Å². The molecule has 1 amide bonds. The first kappa shape index (κ1) is 21.9. The van der Waals surface area contributed by atoms with Gasteiger partial charge in [0.15, 0.2) is 0 Å². The number of carbonyl (C=O) groups is 1. The summed E-state index contributed by atoms with van der Waals surface area (Å²) in [6.07, 6.45) is 2.11. The molecule has 1 atom stereocenters. The summed E-state index contributed by atoms with van der Waals surface area (Å²) in [5.74, 6) is 0.343. The summed E-state index contributed by atoms with van der Waals surface area (Å²) < 4.78 is 6.04. The monoisotopic (exact) mass is 431 g/mol. The maximum absolute atomic E-state index is 12.0. The van der Waals surface area contributed by atoms with Gasteiger partial charge in [-0.3, -0.25) is 4.79 Å². The number of aromatic hydroxyl groups is 1. The van der Waals surface area contributed by atoms with Crippen LogP contribution in [0.15, 0.2) is 65.1 Å². The van der Waals surface area contributed by atoms with Crippen LogP contribution in [0.5, 0.6) is 5.75 Å². The van der Waals surface area contributed by atoms with Crippen LogP contribution in [0, 0.1) is 0 Å². The number of nitrogens with zero attached hydrogens (tertiary/aromatic N) is 1. The fourth-order valence-corrected chi connectivity index (χ4v) is 4.29. The summed E-state index contributed by atoms with van der Waals surface area (Å²) >= 11 is 0. The lowest BCUT2D eigenvalue weighted by atomic mass is 9.90. The van der Waals surface area contributed by atoms with Gasteiger partial charge in [-0.2, -0.15) is 0 Å². The van der Waals surface area contributed by atoms with Crippen molar-refractivity contribution in [1.29, 1.82) is 0 Å². The topological polar surface area (TPSA) is 73.9 Å². The number of hydrogen-bond acceptors (Lipinski definition) is 4. The summed E-state index contributed by atoms with van der Waals surface area (Å²) in [5.41, 5.74) is 4.30. The van der Waals surface area contributed by atoms with E-state index < -0.39 is 6.10 Å². The Hall–Kier alpha value is -3.31. The van der Waals surface area contributed by atoms with Gasteiger partial charge in [-0.1, -0.05) is 42.5 Å². The van der Waals surface area contributed by atoms with E-state index in [-0.39, 0.29) is 11.7 Å². The SMILES string of the molecule is CN(C)C(=O)CCCC(O)c1c(CCc2ccccc2O)ccc2oc3ccccc3c12. The molecule has 0 saturated heterocycles. The largest absolute Gasteiger partial charge is 0.508 e. The zero-order valence-corrected chi connectivity index (χ0v) is 18.5. The van der Waals surface area contributed by atoms with Crippen molar-refractivity contribution in [3.05, 3.63) is 77.4 Å². The Balaban J connectivity index is 1.69. The maximum atomic E-state index is 12.0. The van der Waals surface area contributed by atoms with E-state index in [2.05, 4.69) is 0 Å². The first-order valence-electron chi connectivity index (χ1n) is 11.0. The number of aliphatic hydroxyl groups is 1. The van der Waals surface area contributed by atoms with Gasteiger partial charge in [0.1, 0.15) is 16.9 Å². The molecule has 2 N–H and O–H groups in total. The molecule has 166 valence electrons. The van der Waals surface area contributed by atoms with Crippen LogP contribution in [0.1, 0.15) is 42.1 Å². The average molecular weight is 432 g/mol. The number of hydrogen-bond donors (Lipinski definition) is 2. The number of para-hydroxylation sites is 2. The minimum atomic E-state index is -0.714. The van der Waals surface area contributed by atoms with Crippen molar-refractivity contribution < 1.29 is 19.4 Å². The Bertz CT molecular complexity index is 1240. The highest BCUT2D eigenvalue weighted by Gasteiger charge is 2.21. The minimum absolute atomic E-state index is 0.0592. The number of phenolic OH excluding ortho intramolecular Hbond substituents is 1. The zero-order valence-electron chi connectivity index (χ0n) is 18.5. The van der Waals surface area contributed by atoms with Crippen molar-refractivity contribution in [2.75, 3.05) is 14.1 Å². The fourth-order valence-electron chi connectivity index (χ4n) is 4.29. The molecule has 0 radical (unpaired) electrons. The molecule has 5 nitrogen and oxygen atoms in total. The second-order valence-corrected chi connectivity index (χ2v) is 8.43. The van der Waals surface area contributed by atoms with Crippen LogP contribution in [-0.4, -0.2) is 35.1 Å². The number of furan rings is 1. The van der Waals surface area contributed by atoms with E-state index in [1.807, 2.05) is 54.6 Å². The number of aliphatic hydroxyl groups excluding tert-OH is 1. The summed E-state index contributed by atoms with van der Waals surface area (Å²) in [6.45, 7) is 0. The smallest absolute Gasteiger partial charge is 0.222 e. The quantitative estimate of drug-likeness (QED) is 0.393. The summed E-state index contributed by atoms with van der Waals surface area (Å²) in [5, 5.41) is 23.3. The highest BCUT2D eigenvalue weighted by molar-refractivity contribution is 6.07. The van der Waals surface area contributed by atoms with E-state index in [0.717, 1.165) is 38.6 Å². The lowest BCUT2D eigenvalue weighted by Crippen LogP contribution is -2.21. The van der Waals surface area contributed by atoms with Gasteiger partial charge in [-0.15, -0.1) is 0 Å². The molecule has 0 aliphatic heterocycles. The summed E-state index contributed by atoms with van der Waals surface area (Å²) in [6, 6.07) is 19.2. The van der Waals surface area contributed by atoms with Crippen LogP contribution >= 0.6 is 0 Å². The molecule has 32 heavy (non-hydrogen) atoms. The van der Waals surface area contributed by atoms with Crippen LogP contribution in [0.4, 0.5) is 0 Å². The molecule has 1 unspecified atom stereocenters. The van der Waals surface area contributed by atoms with Gasteiger partial charge in [0.25, 0.3) is 0 Å². The van der Waals surface area contributed by atoms with Gasteiger partial charge < -0.3 is 19.5 Å². The van der Waals surface area contributed by atoms with Crippen LogP contribution in [0.3, 0.4) is 0 Å². The van der Waals surface area contributed by atoms with E-state index in [4.69, 9.17) is 4.42 Å². The molecule has 0 spiro atoms. The first-order chi connectivity index (χ1) is 15.5. The molecule has 0 saturated carbocycles. The predicted octanol–water partition coefficient (Wildman–Crippen LogP) is 5.37. The molecule has 0 bridgehead atoms. The number of aryl methyl sites for hydroxylation is 2. The standard InChI is InChI=1S/C27H29NO4/c1-28(2)25(31)13-7-11-22(30)26-19(15-14-18-8-3-5-10-21(18)29)16-17-24-27(26)20-9-4-6-12-23(20)32-24/h3-6,8-10,12,16-17,22,29-30H,7,11,13-15H2,1-2H3. The van der Waals surface area contributed by atoms with Gasteiger partial charge >= 0.3 is 0 Å². The molecule has 1 aromatic heterocycles. The molecule has 5 heteroatoms.